The van der Waals surface area contributed by atoms with Crippen LogP contribution in [0, 0.1) is 0 Å². The molecular formula is C32H32O4. The molecule has 0 amide bonds. The molecule has 0 saturated heterocycles. The van der Waals surface area contributed by atoms with E-state index in [-0.39, 0.29) is 11.6 Å². The Morgan fingerprint density at radius 3 is 1.31 bits per heavy atom. The first-order chi connectivity index (χ1) is 17.5. The normalized spacial score (nSPS) is 10.9. The summed E-state index contributed by atoms with van der Waals surface area (Å²) >= 11 is 0. The molecule has 0 saturated carbocycles. The Morgan fingerprint density at radius 2 is 0.972 bits per heavy atom. The lowest BCUT2D eigenvalue weighted by atomic mass is 9.89. The number of methoxy groups -OCH3 is 2. The van der Waals surface area contributed by atoms with E-state index in [9.17, 15) is 9.59 Å². The summed E-state index contributed by atoms with van der Waals surface area (Å²) in [4.78, 5) is 27.8. The van der Waals surface area contributed by atoms with Gasteiger partial charge in [0.05, 0.1) is 25.3 Å². The summed E-state index contributed by atoms with van der Waals surface area (Å²) in [6, 6.07) is 22.6. The van der Waals surface area contributed by atoms with Crippen LogP contribution in [-0.2, 0) is 12.8 Å². The van der Waals surface area contributed by atoms with Gasteiger partial charge in [0.15, 0.2) is 11.6 Å². The van der Waals surface area contributed by atoms with E-state index in [4.69, 9.17) is 9.47 Å². The van der Waals surface area contributed by atoms with Crippen LogP contribution in [0.25, 0.3) is 10.8 Å². The van der Waals surface area contributed by atoms with Crippen molar-refractivity contribution in [3.05, 3.63) is 106 Å². The molecule has 184 valence electrons. The molecule has 4 heteroatoms. The molecule has 0 radical (unpaired) electrons. The Hall–Kier alpha value is -3.92. The van der Waals surface area contributed by atoms with Crippen molar-refractivity contribution in [3.63, 3.8) is 0 Å². The Balaban J connectivity index is 1.93. The number of carbonyl (C=O) groups is 2. The quantitative estimate of drug-likeness (QED) is 0.225. The average Bonchev–Trinajstić information content (AvgIpc) is 2.92. The minimum atomic E-state index is -0.193. The highest BCUT2D eigenvalue weighted by molar-refractivity contribution is 6.26. The zero-order chi connectivity index (χ0) is 25.7. The fraction of sp³-hybridized carbons (Fsp3) is 0.250. The second-order valence-electron chi connectivity index (χ2n) is 8.94. The number of ether oxygens (including phenoxy) is 2. The standard InChI is InChI=1S/C32H32O4/c1-5-7-21-9-13-24(14-10-21)31(33)29-26(35-3)19-17-23-18-20-27(36-4)30(28(23)29)32(34)25-15-11-22(8-6-2)12-16-25/h9-20H,5-8H2,1-4H3. The molecule has 0 unspecified atom stereocenters. The Bertz CT molecular complexity index is 1280. The Kier molecular flexibility index (Phi) is 7.84. The zero-order valence-electron chi connectivity index (χ0n) is 21.4. The number of rotatable bonds is 10. The summed E-state index contributed by atoms with van der Waals surface area (Å²) in [5.74, 6) is 0.457. The highest BCUT2D eigenvalue weighted by Crippen LogP contribution is 2.38. The van der Waals surface area contributed by atoms with Crippen molar-refractivity contribution in [2.24, 2.45) is 0 Å². The molecule has 4 rings (SSSR count). The number of benzene rings is 4. The smallest absolute Gasteiger partial charge is 0.197 e. The monoisotopic (exact) mass is 480 g/mol. The molecule has 36 heavy (non-hydrogen) atoms. The lowest BCUT2D eigenvalue weighted by molar-refractivity contribution is 0.103. The molecule has 0 atom stereocenters. The van der Waals surface area contributed by atoms with Gasteiger partial charge < -0.3 is 9.47 Å². The van der Waals surface area contributed by atoms with Gasteiger partial charge in [-0.3, -0.25) is 9.59 Å². The molecule has 0 fully saturated rings. The molecule has 0 aliphatic carbocycles. The minimum Gasteiger partial charge on any atom is -0.496 e. The van der Waals surface area contributed by atoms with Crippen LogP contribution in [0.15, 0.2) is 72.8 Å². The van der Waals surface area contributed by atoms with Crippen LogP contribution in [0.5, 0.6) is 11.5 Å². The molecule has 0 bridgehead atoms. The van der Waals surface area contributed by atoms with E-state index >= 15 is 0 Å². The van der Waals surface area contributed by atoms with E-state index in [0.717, 1.165) is 31.1 Å². The molecule has 4 nitrogen and oxygen atoms in total. The van der Waals surface area contributed by atoms with Crippen LogP contribution < -0.4 is 9.47 Å². The van der Waals surface area contributed by atoms with Gasteiger partial charge >= 0.3 is 0 Å². The lowest BCUT2D eigenvalue weighted by Crippen LogP contribution is -2.11. The predicted octanol–water partition coefficient (Wildman–Crippen LogP) is 7.22. The Morgan fingerprint density at radius 1 is 0.583 bits per heavy atom. The topological polar surface area (TPSA) is 52.6 Å². The number of ketones is 2. The van der Waals surface area contributed by atoms with Crippen molar-refractivity contribution >= 4 is 22.3 Å². The summed E-state index contributed by atoms with van der Waals surface area (Å²) in [5, 5.41) is 1.31. The van der Waals surface area contributed by atoms with Gasteiger partial charge in [0.2, 0.25) is 0 Å². The van der Waals surface area contributed by atoms with Crippen molar-refractivity contribution < 1.29 is 19.1 Å². The zero-order valence-corrected chi connectivity index (χ0v) is 21.4. The van der Waals surface area contributed by atoms with E-state index in [1.54, 1.807) is 12.1 Å². The molecule has 0 aliphatic rings. The molecule has 4 aromatic rings. The second-order valence-corrected chi connectivity index (χ2v) is 8.94. The third-order valence-electron chi connectivity index (χ3n) is 6.51. The van der Waals surface area contributed by atoms with E-state index in [0.29, 0.717) is 39.1 Å². The molecule has 0 aromatic heterocycles. The number of aryl methyl sites for hydroxylation is 2. The first-order valence-corrected chi connectivity index (χ1v) is 12.5. The molecule has 0 heterocycles. The van der Waals surface area contributed by atoms with Crippen LogP contribution in [-0.4, -0.2) is 25.8 Å². The fourth-order valence-corrected chi connectivity index (χ4v) is 4.68. The largest absolute Gasteiger partial charge is 0.496 e. The average molecular weight is 481 g/mol. The predicted molar refractivity (Wildman–Crippen MR) is 145 cm³/mol. The molecule has 0 spiro atoms. The van der Waals surface area contributed by atoms with E-state index in [1.165, 1.54) is 25.3 Å². The van der Waals surface area contributed by atoms with Crippen LogP contribution in [0.4, 0.5) is 0 Å². The fourth-order valence-electron chi connectivity index (χ4n) is 4.68. The van der Waals surface area contributed by atoms with Crippen molar-refractivity contribution in [1.29, 1.82) is 0 Å². The highest BCUT2D eigenvalue weighted by atomic mass is 16.5. The molecule has 0 N–H and O–H groups in total. The maximum Gasteiger partial charge on any atom is 0.197 e. The van der Waals surface area contributed by atoms with E-state index < -0.39 is 0 Å². The summed E-state index contributed by atoms with van der Waals surface area (Å²) in [6.45, 7) is 4.26. The third-order valence-corrected chi connectivity index (χ3v) is 6.51. The summed E-state index contributed by atoms with van der Waals surface area (Å²) in [7, 11) is 3.08. The maximum atomic E-state index is 13.9. The van der Waals surface area contributed by atoms with Gasteiger partial charge in [0, 0.05) is 16.5 Å². The van der Waals surface area contributed by atoms with Crippen molar-refractivity contribution in [2.75, 3.05) is 14.2 Å². The van der Waals surface area contributed by atoms with Gasteiger partial charge in [-0.1, -0.05) is 87.4 Å². The SMILES string of the molecule is CCCc1ccc(C(=O)c2c(OC)ccc3ccc(OC)c(C(=O)c4ccc(CCC)cc4)c23)cc1. The lowest BCUT2D eigenvalue weighted by Gasteiger charge is -2.17. The van der Waals surface area contributed by atoms with Crippen LogP contribution in [0.2, 0.25) is 0 Å². The Labute approximate surface area is 212 Å². The van der Waals surface area contributed by atoms with Gasteiger partial charge in [0.25, 0.3) is 0 Å². The number of hydrogen-bond acceptors (Lipinski definition) is 4. The van der Waals surface area contributed by atoms with Crippen LogP contribution in [0.3, 0.4) is 0 Å². The van der Waals surface area contributed by atoms with Crippen molar-refractivity contribution in [3.8, 4) is 11.5 Å². The van der Waals surface area contributed by atoms with Crippen molar-refractivity contribution in [1.82, 2.24) is 0 Å². The van der Waals surface area contributed by atoms with Gasteiger partial charge in [0.1, 0.15) is 11.5 Å². The second kappa shape index (κ2) is 11.2. The minimum absolute atomic E-state index is 0.193. The van der Waals surface area contributed by atoms with Gasteiger partial charge in [-0.15, -0.1) is 0 Å². The first kappa shape index (κ1) is 25.2. The summed E-state index contributed by atoms with van der Waals surface area (Å²) in [6.07, 6.45) is 3.99. The first-order valence-electron chi connectivity index (χ1n) is 12.5. The number of fused-ring (bicyclic) bond motifs is 1. The maximum absolute atomic E-state index is 13.9. The van der Waals surface area contributed by atoms with Crippen molar-refractivity contribution in [2.45, 2.75) is 39.5 Å². The third kappa shape index (κ3) is 4.90. The van der Waals surface area contributed by atoms with Crippen LogP contribution in [0.1, 0.15) is 69.7 Å². The van der Waals surface area contributed by atoms with E-state index in [1.807, 2.05) is 60.7 Å². The van der Waals surface area contributed by atoms with Gasteiger partial charge in [-0.25, -0.2) is 0 Å². The van der Waals surface area contributed by atoms with E-state index in [2.05, 4.69) is 13.8 Å². The van der Waals surface area contributed by atoms with Crippen LogP contribution >= 0.6 is 0 Å². The summed E-state index contributed by atoms with van der Waals surface area (Å²) < 4.78 is 11.3. The number of carbonyl (C=O) groups excluding carboxylic acids is 2. The van der Waals surface area contributed by atoms with Gasteiger partial charge in [-0.05, 0) is 41.5 Å². The highest BCUT2D eigenvalue weighted by Gasteiger charge is 2.26. The van der Waals surface area contributed by atoms with Gasteiger partial charge in [-0.2, -0.15) is 0 Å². The molecular weight excluding hydrogens is 448 g/mol. The molecule has 4 aromatic carbocycles. The summed E-state index contributed by atoms with van der Waals surface area (Å²) in [5.41, 5.74) is 4.19. The molecule has 0 aliphatic heterocycles. The number of hydrogen-bond donors (Lipinski definition) is 0.